The lowest BCUT2D eigenvalue weighted by Crippen LogP contribution is -2.68. The minimum atomic E-state index is -0.384. The van der Waals surface area contributed by atoms with Crippen molar-refractivity contribution in [3.8, 4) is 0 Å². The van der Waals surface area contributed by atoms with E-state index in [0.717, 1.165) is 18.5 Å². The zero-order valence-electron chi connectivity index (χ0n) is 12.2. The Labute approximate surface area is 124 Å². The Balaban J connectivity index is 1.64. The number of carbonyl (C=O) groups excluding carboxylic acids is 2. The third-order valence-corrected chi connectivity index (χ3v) is 4.32. The summed E-state index contributed by atoms with van der Waals surface area (Å²) in [6, 6.07) is 9.39. The molecule has 1 aromatic rings. The van der Waals surface area contributed by atoms with Gasteiger partial charge < -0.3 is 9.64 Å². The third-order valence-electron chi connectivity index (χ3n) is 4.32. The summed E-state index contributed by atoms with van der Waals surface area (Å²) in [5.41, 5.74) is 0.951. The summed E-state index contributed by atoms with van der Waals surface area (Å²) in [5.74, 6) is 0.0664. The maximum atomic E-state index is 12.3. The van der Waals surface area contributed by atoms with Gasteiger partial charge in [-0.3, -0.25) is 9.69 Å². The fourth-order valence-electron chi connectivity index (χ4n) is 3.00. The summed E-state index contributed by atoms with van der Waals surface area (Å²) in [6.07, 6.45) is 1.22. The molecule has 3 rings (SSSR count). The zero-order chi connectivity index (χ0) is 14.8. The van der Waals surface area contributed by atoms with E-state index in [4.69, 9.17) is 4.74 Å². The number of hydrogen-bond acceptors (Lipinski definition) is 3. The Morgan fingerprint density at radius 2 is 2.10 bits per heavy atom. The van der Waals surface area contributed by atoms with Gasteiger partial charge in [-0.05, 0) is 18.4 Å². The van der Waals surface area contributed by atoms with Crippen LogP contribution in [0, 0.1) is 0 Å². The van der Waals surface area contributed by atoms with E-state index in [1.54, 1.807) is 4.90 Å². The molecule has 0 radical (unpaired) electrons. The number of nitrogens with zero attached hydrogens (tertiary/aromatic N) is 2. The van der Waals surface area contributed by atoms with E-state index < -0.39 is 0 Å². The molecule has 0 N–H and O–H groups in total. The SMILES string of the molecule is CCC1C(=O)N2CCC2CN1C(=O)OCc1ccccc1. The highest BCUT2D eigenvalue weighted by Crippen LogP contribution is 2.28. The molecule has 1 aromatic carbocycles. The predicted octanol–water partition coefficient (Wildman–Crippen LogP) is 2.02. The Hall–Kier alpha value is -2.04. The highest BCUT2D eigenvalue weighted by atomic mass is 16.6. The highest BCUT2D eigenvalue weighted by Gasteiger charge is 2.46. The summed E-state index contributed by atoms with van der Waals surface area (Å²) in [4.78, 5) is 28.1. The van der Waals surface area contributed by atoms with Crippen LogP contribution in [-0.4, -0.2) is 47.0 Å². The van der Waals surface area contributed by atoms with Crippen LogP contribution in [0.25, 0.3) is 0 Å². The van der Waals surface area contributed by atoms with E-state index in [-0.39, 0.29) is 30.7 Å². The molecule has 0 spiro atoms. The standard InChI is InChI=1S/C16H20N2O3/c1-2-14-15(19)17-9-8-13(17)10-18(14)16(20)21-11-12-6-4-3-5-7-12/h3-7,13-14H,2,8-11H2,1H3. The number of fused-ring (bicyclic) bond motifs is 1. The van der Waals surface area contributed by atoms with Gasteiger partial charge >= 0.3 is 6.09 Å². The minimum absolute atomic E-state index is 0.0664. The van der Waals surface area contributed by atoms with E-state index in [2.05, 4.69) is 0 Å². The Morgan fingerprint density at radius 3 is 2.71 bits per heavy atom. The molecule has 0 aliphatic carbocycles. The number of benzene rings is 1. The van der Waals surface area contributed by atoms with Crippen molar-refractivity contribution in [2.24, 2.45) is 0 Å². The average molecular weight is 288 g/mol. The van der Waals surface area contributed by atoms with Gasteiger partial charge in [0.05, 0.1) is 6.04 Å². The summed E-state index contributed by atoms with van der Waals surface area (Å²) in [5, 5.41) is 0. The average Bonchev–Trinajstić information content (AvgIpc) is 2.47. The number of ether oxygens (including phenoxy) is 1. The van der Waals surface area contributed by atoms with Crippen LogP contribution in [-0.2, 0) is 16.1 Å². The quantitative estimate of drug-likeness (QED) is 0.855. The molecular formula is C16H20N2O3. The van der Waals surface area contributed by atoms with E-state index in [1.807, 2.05) is 42.2 Å². The Bertz CT molecular complexity index is 532. The fraction of sp³-hybridized carbons (Fsp3) is 0.500. The van der Waals surface area contributed by atoms with Crippen LogP contribution < -0.4 is 0 Å². The van der Waals surface area contributed by atoms with Crippen LogP contribution in [0.2, 0.25) is 0 Å². The molecule has 5 nitrogen and oxygen atoms in total. The molecule has 2 aliphatic rings. The molecule has 0 bridgehead atoms. The summed E-state index contributed by atoms with van der Waals surface area (Å²) < 4.78 is 5.37. The molecule has 2 fully saturated rings. The number of amides is 2. The van der Waals surface area contributed by atoms with Gasteiger partial charge in [-0.15, -0.1) is 0 Å². The third kappa shape index (κ3) is 2.60. The largest absolute Gasteiger partial charge is 0.445 e. The van der Waals surface area contributed by atoms with Crippen molar-refractivity contribution >= 4 is 12.0 Å². The van der Waals surface area contributed by atoms with Crippen molar-refractivity contribution in [2.75, 3.05) is 13.1 Å². The normalized spacial score (nSPS) is 24.3. The number of rotatable bonds is 3. The van der Waals surface area contributed by atoms with E-state index >= 15 is 0 Å². The van der Waals surface area contributed by atoms with Gasteiger partial charge in [-0.1, -0.05) is 37.3 Å². The van der Waals surface area contributed by atoms with Crippen LogP contribution in [0.1, 0.15) is 25.3 Å². The highest BCUT2D eigenvalue weighted by molar-refractivity contribution is 5.88. The van der Waals surface area contributed by atoms with Gasteiger partial charge in [0.25, 0.3) is 0 Å². The van der Waals surface area contributed by atoms with Gasteiger partial charge in [-0.2, -0.15) is 0 Å². The Morgan fingerprint density at radius 1 is 1.33 bits per heavy atom. The van der Waals surface area contributed by atoms with Crippen LogP contribution in [0.4, 0.5) is 4.79 Å². The van der Waals surface area contributed by atoms with Crippen molar-refractivity contribution in [3.63, 3.8) is 0 Å². The summed E-state index contributed by atoms with van der Waals surface area (Å²) in [7, 11) is 0. The van der Waals surface area contributed by atoms with Gasteiger partial charge in [0.2, 0.25) is 5.91 Å². The van der Waals surface area contributed by atoms with Crippen molar-refractivity contribution < 1.29 is 14.3 Å². The maximum absolute atomic E-state index is 12.3. The Kier molecular flexibility index (Phi) is 3.82. The molecule has 5 heteroatoms. The van der Waals surface area contributed by atoms with Crippen LogP contribution in [0.3, 0.4) is 0 Å². The van der Waals surface area contributed by atoms with Gasteiger partial charge in [-0.25, -0.2) is 4.79 Å². The van der Waals surface area contributed by atoms with E-state index in [1.165, 1.54) is 0 Å². The molecule has 21 heavy (non-hydrogen) atoms. The monoisotopic (exact) mass is 288 g/mol. The fourth-order valence-corrected chi connectivity index (χ4v) is 3.00. The van der Waals surface area contributed by atoms with Crippen molar-refractivity contribution in [2.45, 2.75) is 38.5 Å². The lowest BCUT2D eigenvalue weighted by molar-refractivity contribution is -0.152. The smallest absolute Gasteiger partial charge is 0.410 e. The number of hydrogen-bond donors (Lipinski definition) is 0. The molecule has 2 unspecified atom stereocenters. The number of carbonyl (C=O) groups is 2. The second kappa shape index (κ2) is 5.76. The van der Waals surface area contributed by atoms with Gasteiger partial charge in [0, 0.05) is 13.1 Å². The second-order valence-electron chi connectivity index (χ2n) is 5.59. The van der Waals surface area contributed by atoms with Gasteiger partial charge in [0.15, 0.2) is 0 Å². The molecule has 0 saturated carbocycles. The first kappa shape index (κ1) is 13.9. The first-order valence-electron chi connectivity index (χ1n) is 7.48. The van der Waals surface area contributed by atoms with Crippen molar-refractivity contribution in [1.82, 2.24) is 9.80 Å². The molecular weight excluding hydrogens is 268 g/mol. The second-order valence-corrected chi connectivity index (χ2v) is 5.59. The molecule has 2 amide bonds. The van der Waals surface area contributed by atoms with Crippen LogP contribution >= 0.6 is 0 Å². The summed E-state index contributed by atoms with van der Waals surface area (Å²) in [6.45, 7) is 3.60. The summed E-state index contributed by atoms with van der Waals surface area (Å²) >= 11 is 0. The lowest BCUT2D eigenvalue weighted by atomic mass is 9.95. The lowest BCUT2D eigenvalue weighted by Gasteiger charge is -2.50. The minimum Gasteiger partial charge on any atom is -0.445 e. The van der Waals surface area contributed by atoms with Crippen LogP contribution in [0.5, 0.6) is 0 Å². The zero-order valence-corrected chi connectivity index (χ0v) is 12.2. The first-order valence-corrected chi connectivity index (χ1v) is 7.48. The van der Waals surface area contributed by atoms with Gasteiger partial charge in [0.1, 0.15) is 12.6 Å². The molecule has 112 valence electrons. The molecule has 0 aromatic heterocycles. The van der Waals surface area contributed by atoms with Crippen LogP contribution in [0.15, 0.2) is 30.3 Å². The molecule has 2 aliphatic heterocycles. The van der Waals surface area contributed by atoms with Crippen molar-refractivity contribution in [1.29, 1.82) is 0 Å². The first-order chi connectivity index (χ1) is 10.2. The molecule has 2 saturated heterocycles. The number of piperazine rings is 1. The molecule has 2 atom stereocenters. The maximum Gasteiger partial charge on any atom is 0.410 e. The van der Waals surface area contributed by atoms with E-state index in [0.29, 0.717) is 13.0 Å². The molecule has 2 heterocycles. The van der Waals surface area contributed by atoms with E-state index in [9.17, 15) is 9.59 Å². The van der Waals surface area contributed by atoms with Crippen molar-refractivity contribution in [3.05, 3.63) is 35.9 Å². The topological polar surface area (TPSA) is 49.9 Å². The predicted molar refractivity (Wildman–Crippen MR) is 77.5 cm³/mol.